The van der Waals surface area contributed by atoms with Gasteiger partial charge in [-0.05, 0) is 102 Å². The molecular weight excluding hydrogens is 605 g/mol. The second-order valence-electron chi connectivity index (χ2n) is 15.1. The van der Waals surface area contributed by atoms with E-state index in [0.29, 0.717) is 17.8 Å². The first kappa shape index (κ1) is 39.3. The molecule has 0 fully saturated rings. The summed E-state index contributed by atoms with van der Waals surface area (Å²) in [5, 5.41) is 0. The molecule has 0 aliphatic heterocycles. The lowest BCUT2D eigenvalue weighted by Gasteiger charge is -2.24. The first-order valence-corrected chi connectivity index (χ1v) is 20.3. The summed E-state index contributed by atoms with van der Waals surface area (Å²) in [5.74, 6) is 1.21. The van der Waals surface area contributed by atoms with Crippen molar-refractivity contribution in [2.45, 2.75) is 155 Å². The number of nitrogens with two attached hydrogens (primary N) is 2. The fourth-order valence-corrected chi connectivity index (χ4v) is 8.13. The zero-order valence-electron chi connectivity index (χ0n) is 32.3. The van der Waals surface area contributed by atoms with Crippen molar-refractivity contribution in [2.75, 3.05) is 11.5 Å². The topological polar surface area (TPSA) is 52.0 Å². The number of unbranched alkanes of at least 4 members (excludes halogenated alkanes) is 10. The minimum atomic E-state index is 0.401. The van der Waals surface area contributed by atoms with Gasteiger partial charge in [0.05, 0.1) is 0 Å². The summed E-state index contributed by atoms with van der Waals surface area (Å²) in [6.45, 7) is 11.3. The van der Waals surface area contributed by atoms with Crippen molar-refractivity contribution in [1.29, 1.82) is 0 Å². The van der Waals surface area contributed by atoms with E-state index >= 15 is 0 Å². The Kier molecular flexibility index (Phi) is 16.5. The van der Waals surface area contributed by atoms with Crippen molar-refractivity contribution in [3.8, 4) is 0 Å². The van der Waals surface area contributed by atoms with Gasteiger partial charge in [0.15, 0.2) is 0 Å². The molecule has 4 aromatic rings. The van der Waals surface area contributed by atoms with E-state index in [1.807, 2.05) is 0 Å². The van der Waals surface area contributed by atoms with E-state index < -0.39 is 0 Å². The van der Waals surface area contributed by atoms with E-state index in [2.05, 4.69) is 120 Å². The van der Waals surface area contributed by atoms with Crippen molar-refractivity contribution in [3.05, 3.63) is 129 Å². The van der Waals surface area contributed by atoms with Crippen LogP contribution in [0, 0.1) is 13.8 Å². The highest BCUT2D eigenvalue weighted by Crippen LogP contribution is 2.38. The average molecular weight is 673 g/mol. The van der Waals surface area contributed by atoms with E-state index in [0.717, 1.165) is 11.4 Å². The van der Waals surface area contributed by atoms with Crippen LogP contribution in [0.4, 0.5) is 11.4 Å². The van der Waals surface area contributed by atoms with Gasteiger partial charge in [0.1, 0.15) is 0 Å². The van der Waals surface area contributed by atoms with Gasteiger partial charge in [-0.15, -0.1) is 0 Å². The normalized spacial score (nSPS) is 13.3. The van der Waals surface area contributed by atoms with Crippen LogP contribution < -0.4 is 11.5 Å². The van der Waals surface area contributed by atoms with E-state index in [1.54, 1.807) is 0 Å². The molecule has 0 amide bonds. The SMILES string of the molecule is CCCCCCCCCC(c1ccc(C(CCCCC)c2ccc(N)cc2C)cc1)c1ccc(C(CCCCC)c2ccc(N)cc2C)cc1. The first-order valence-electron chi connectivity index (χ1n) is 20.3. The van der Waals surface area contributed by atoms with Crippen LogP contribution in [0.3, 0.4) is 0 Å². The Bertz CT molecular complexity index is 1420. The number of aryl methyl sites for hydroxylation is 2. The van der Waals surface area contributed by atoms with Crippen molar-refractivity contribution in [1.82, 2.24) is 0 Å². The fourth-order valence-electron chi connectivity index (χ4n) is 8.13. The number of hydrogen-bond acceptors (Lipinski definition) is 2. The molecule has 0 aliphatic carbocycles. The zero-order valence-corrected chi connectivity index (χ0v) is 32.3. The maximum Gasteiger partial charge on any atom is 0.0316 e. The lowest BCUT2D eigenvalue weighted by atomic mass is 9.81. The predicted molar refractivity (Wildman–Crippen MR) is 220 cm³/mol. The molecule has 270 valence electrons. The summed E-state index contributed by atoms with van der Waals surface area (Å²) in [6.07, 6.45) is 20.4. The summed E-state index contributed by atoms with van der Waals surface area (Å²) in [7, 11) is 0. The summed E-state index contributed by atoms with van der Waals surface area (Å²) in [4.78, 5) is 0. The van der Waals surface area contributed by atoms with Crippen molar-refractivity contribution in [2.24, 2.45) is 0 Å². The highest BCUT2D eigenvalue weighted by atomic mass is 14.5. The average Bonchev–Trinajstić information content (AvgIpc) is 3.11. The van der Waals surface area contributed by atoms with Crippen LogP contribution in [0.1, 0.15) is 186 Å². The van der Waals surface area contributed by atoms with Gasteiger partial charge in [-0.2, -0.15) is 0 Å². The second kappa shape index (κ2) is 21.0. The van der Waals surface area contributed by atoms with Gasteiger partial charge < -0.3 is 11.5 Å². The molecule has 2 heteroatoms. The minimum Gasteiger partial charge on any atom is -0.399 e. The largest absolute Gasteiger partial charge is 0.399 e. The van der Waals surface area contributed by atoms with Crippen LogP contribution in [0.2, 0.25) is 0 Å². The van der Waals surface area contributed by atoms with Crippen LogP contribution in [-0.4, -0.2) is 0 Å². The Morgan fingerprint density at radius 2 is 0.680 bits per heavy atom. The quantitative estimate of drug-likeness (QED) is 0.0645. The molecule has 2 unspecified atom stereocenters. The highest BCUT2D eigenvalue weighted by Gasteiger charge is 2.21. The minimum absolute atomic E-state index is 0.401. The summed E-state index contributed by atoms with van der Waals surface area (Å²) >= 11 is 0. The summed E-state index contributed by atoms with van der Waals surface area (Å²) in [5.41, 5.74) is 25.2. The van der Waals surface area contributed by atoms with Gasteiger partial charge in [0.25, 0.3) is 0 Å². The third kappa shape index (κ3) is 11.5. The van der Waals surface area contributed by atoms with Gasteiger partial charge >= 0.3 is 0 Å². The highest BCUT2D eigenvalue weighted by molar-refractivity contribution is 5.50. The lowest BCUT2D eigenvalue weighted by Crippen LogP contribution is -2.07. The van der Waals surface area contributed by atoms with Gasteiger partial charge in [-0.3, -0.25) is 0 Å². The van der Waals surface area contributed by atoms with E-state index in [4.69, 9.17) is 11.5 Å². The standard InChI is InChI=1S/C48H68N2/c1-6-9-12-13-14-15-18-19-46(38-22-26-40(27-23-38)47(20-16-10-7-2)44-32-30-42(49)34-36(44)4)39-24-28-41(29-25-39)48(21-17-11-8-3)45-33-31-43(50)35-37(45)5/h22-35,46-48H,6-21,49-50H2,1-5H3. The van der Waals surface area contributed by atoms with Crippen molar-refractivity contribution < 1.29 is 0 Å². The Balaban J connectivity index is 1.62. The molecular formula is C48H68N2. The summed E-state index contributed by atoms with van der Waals surface area (Å²) < 4.78 is 0. The summed E-state index contributed by atoms with van der Waals surface area (Å²) in [6, 6.07) is 32.5. The molecule has 4 aromatic carbocycles. The Morgan fingerprint density at radius 1 is 0.380 bits per heavy atom. The van der Waals surface area contributed by atoms with E-state index in [-0.39, 0.29) is 0 Å². The van der Waals surface area contributed by atoms with Crippen LogP contribution in [0.15, 0.2) is 84.9 Å². The first-order chi connectivity index (χ1) is 24.4. The molecule has 4 rings (SSSR count). The molecule has 0 heterocycles. The molecule has 0 saturated carbocycles. The molecule has 2 atom stereocenters. The molecule has 2 nitrogen and oxygen atoms in total. The molecule has 0 saturated heterocycles. The predicted octanol–water partition coefficient (Wildman–Crippen LogP) is 14.2. The Labute approximate surface area is 306 Å². The number of rotatable bonds is 22. The van der Waals surface area contributed by atoms with Crippen LogP contribution in [0.25, 0.3) is 0 Å². The number of benzene rings is 4. The van der Waals surface area contributed by atoms with Gasteiger partial charge in [0.2, 0.25) is 0 Å². The van der Waals surface area contributed by atoms with Crippen LogP contribution >= 0.6 is 0 Å². The lowest BCUT2D eigenvalue weighted by molar-refractivity contribution is 0.558. The van der Waals surface area contributed by atoms with E-state index in [9.17, 15) is 0 Å². The second-order valence-corrected chi connectivity index (χ2v) is 15.1. The third-order valence-corrected chi connectivity index (χ3v) is 11.1. The zero-order chi connectivity index (χ0) is 35.7. The maximum absolute atomic E-state index is 6.17. The van der Waals surface area contributed by atoms with Crippen molar-refractivity contribution >= 4 is 11.4 Å². The Morgan fingerprint density at radius 3 is 1.06 bits per heavy atom. The smallest absolute Gasteiger partial charge is 0.0316 e. The monoisotopic (exact) mass is 673 g/mol. The fraction of sp³-hybridized carbons (Fsp3) is 0.500. The maximum atomic E-state index is 6.17. The van der Waals surface area contributed by atoms with Gasteiger partial charge in [0, 0.05) is 29.1 Å². The van der Waals surface area contributed by atoms with Gasteiger partial charge in [-0.25, -0.2) is 0 Å². The molecule has 0 aliphatic rings. The molecule has 0 radical (unpaired) electrons. The molecule has 0 aromatic heterocycles. The van der Waals surface area contributed by atoms with Crippen LogP contribution in [-0.2, 0) is 0 Å². The van der Waals surface area contributed by atoms with E-state index in [1.165, 1.54) is 147 Å². The Hall–Kier alpha value is -3.52. The molecule has 50 heavy (non-hydrogen) atoms. The number of anilines is 2. The number of nitrogen functional groups attached to an aromatic ring is 2. The number of hydrogen-bond donors (Lipinski definition) is 2. The van der Waals surface area contributed by atoms with Gasteiger partial charge in [-0.1, -0.05) is 165 Å². The molecule has 4 N–H and O–H groups in total. The third-order valence-electron chi connectivity index (χ3n) is 11.1. The molecule has 0 spiro atoms. The van der Waals surface area contributed by atoms with Crippen LogP contribution in [0.5, 0.6) is 0 Å². The van der Waals surface area contributed by atoms with Crippen molar-refractivity contribution in [3.63, 3.8) is 0 Å². The molecule has 0 bridgehead atoms.